The molecule has 12 nitrogen and oxygen atoms in total. The van der Waals surface area contributed by atoms with Crippen molar-refractivity contribution in [1.82, 2.24) is 15.5 Å². The first-order chi connectivity index (χ1) is 14.0. The number of nitrogens with one attached hydrogen (secondary N) is 2. The number of amides is 3. The highest BCUT2D eigenvalue weighted by molar-refractivity contribution is 7.80. The Hall–Kier alpha value is -2.38. The van der Waals surface area contributed by atoms with Crippen LogP contribution in [-0.4, -0.2) is 92.4 Å². The van der Waals surface area contributed by atoms with Gasteiger partial charge < -0.3 is 36.6 Å². The van der Waals surface area contributed by atoms with Crippen molar-refractivity contribution in [3.63, 3.8) is 0 Å². The summed E-state index contributed by atoms with van der Waals surface area (Å²) in [5.74, 6) is -4.84. The third-order valence-corrected chi connectivity index (χ3v) is 5.09. The monoisotopic (exact) mass is 448 g/mol. The summed E-state index contributed by atoms with van der Waals surface area (Å²) in [6, 6.07) is -4.84. The van der Waals surface area contributed by atoms with Crippen LogP contribution in [0.5, 0.6) is 0 Å². The zero-order chi connectivity index (χ0) is 23.0. The van der Waals surface area contributed by atoms with E-state index in [1.807, 2.05) is 0 Å². The molecule has 0 spiro atoms. The molecule has 1 aliphatic rings. The Morgan fingerprint density at radius 1 is 1.13 bits per heavy atom. The molecule has 1 aliphatic heterocycles. The van der Waals surface area contributed by atoms with E-state index < -0.39 is 66.4 Å². The van der Waals surface area contributed by atoms with Gasteiger partial charge in [0.2, 0.25) is 17.7 Å². The van der Waals surface area contributed by atoms with Crippen LogP contribution in [0.25, 0.3) is 0 Å². The largest absolute Gasteiger partial charge is 0.481 e. The lowest BCUT2D eigenvalue weighted by atomic mass is 10.1. The standard InChI is InChI=1S/C17H28N4O8S/c1-8(22)13(18)15(26)19-9(4-5-12(23)24)14(25)20-10(7-30)16(27)21-6-2-3-11(21)17(28)29/h8-11,13,22,30H,2-7,18H2,1H3,(H,19,26)(H,20,25)(H,23,24)(H,28,29). The Morgan fingerprint density at radius 3 is 2.23 bits per heavy atom. The molecule has 5 atom stereocenters. The number of aliphatic hydroxyl groups excluding tert-OH is 1. The first-order valence-corrected chi connectivity index (χ1v) is 10.0. The summed E-state index contributed by atoms with van der Waals surface area (Å²) in [5.41, 5.74) is 5.53. The van der Waals surface area contributed by atoms with Gasteiger partial charge in [0.25, 0.3) is 0 Å². The van der Waals surface area contributed by atoms with Crippen LogP contribution < -0.4 is 16.4 Å². The third kappa shape index (κ3) is 7.15. The molecule has 0 radical (unpaired) electrons. The van der Waals surface area contributed by atoms with Crippen molar-refractivity contribution in [2.45, 2.75) is 62.9 Å². The van der Waals surface area contributed by atoms with Crippen LogP contribution >= 0.6 is 12.6 Å². The number of thiol groups is 1. The van der Waals surface area contributed by atoms with Gasteiger partial charge in [-0.3, -0.25) is 19.2 Å². The molecule has 7 N–H and O–H groups in total. The minimum atomic E-state index is -1.34. The van der Waals surface area contributed by atoms with Gasteiger partial charge in [0.1, 0.15) is 24.2 Å². The van der Waals surface area contributed by atoms with E-state index in [4.69, 9.17) is 10.8 Å². The maximum atomic E-state index is 12.7. The van der Waals surface area contributed by atoms with Crippen LogP contribution in [-0.2, 0) is 24.0 Å². The molecule has 13 heteroatoms. The van der Waals surface area contributed by atoms with Crippen LogP contribution in [0.4, 0.5) is 0 Å². The van der Waals surface area contributed by atoms with Gasteiger partial charge in [0.15, 0.2) is 0 Å². The number of aliphatic carboxylic acids is 2. The van der Waals surface area contributed by atoms with Gasteiger partial charge in [-0.05, 0) is 26.2 Å². The van der Waals surface area contributed by atoms with Crippen molar-refractivity contribution < 1.29 is 39.3 Å². The van der Waals surface area contributed by atoms with E-state index in [1.54, 1.807) is 0 Å². The molecule has 1 saturated heterocycles. The molecule has 0 aromatic carbocycles. The fourth-order valence-corrected chi connectivity index (χ4v) is 3.22. The minimum Gasteiger partial charge on any atom is -0.481 e. The van der Waals surface area contributed by atoms with Crippen LogP contribution in [0, 0.1) is 0 Å². The van der Waals surface area contributed by atoms with Crippen LogP contribution in [0.15, 0.2) is 0 Å². The first kappa shape index (κ1) is 25.7. The Morgan fingerprint density at radius 2 is 1.73 bits per heavy atom. The summed E-state index contributed by atoms with van der Waals surface area (Å²) >= 11 is 4.04. The number of likely N-dealkylation sites (tertiary alicyclic amines) is 1. The lowest BCUT2D eigenvalue weighted by Crippen LogP contribution is -2.58. The van der Waals surface area contributed by atoms with Crippen molar-refractivity contribution >= 4 is 42.3 Å². The highest BCUT2D eigenvalue weighted by Gasteiger charge is 2.38. The summed E-state index contributed by atoms with van der Waals surface area (Å²) in [4.78, 5) is 60.8. The molecular formula is C17H28N4O8S. The summed E-state index contributed by atoms with van der Waals surface area (Å²) in [6.45, 7) is 1.50. The molecule has 170 valence electrons. The van der Waals surface area contributed by atoms with E-state index in [-0.39, 0.29) is 18.7 Å². The maximum absolute atomic E-state index is 12.7. The first-order valence-electron chi connectivity index (χ1n) is 9.39. The normalized spacial score (nSPS) is 20.0. The second kappa shape index (κ2) is 11.7. The van der Waals surface area contributed by atoms with Crippen LogP contribution in [0.3, 0.4) is 0 Å². The Balaban J connectivity index is 2.90. The average Bonchev–Trinajstić information content (AvgIpc) is 3.17. The molecular weight excluding hydrogens is 420 g/mol. The lowest BCUT2D eigenvalue weighted by molar-refractivity contribution is -0.149. The molecule has 3 amide bonds. The molecule has 30 heavy (non-hydrogen) atoms. The number of carboxylic acids is 2. The highest BCUT2D eigenvalue weighted by atomic mass is 32.1. The number of carbonyl (C=O) groups is 5. The number of aliphatic hydroxyl groups is 1. The molecule has 0 bridgehead atoms. The summed E-state index contributed by atoms with van der Waals surface area (Å²) in [5, 5.41) is 32.2. The number of carboxylic acid groups (broad SMARTS) is 2. The lowest BCUT2D eigenvalue weighted by Gasteiger charge is -2.28. The summed E-state index contributed by atoms with van der Waals surface area (Å²) in [6.07, 6.45) is -1.14. The van der Waals surface area contributed by atoms with Crippen molar-refractivity contribution in [3.05, 3.63) is 0 Å². The minimum absolute atomic E-state index is 0.139. The van der Waals surface area contributed by atoms with Gasteiger partial charge in [-0.2, -0.15) is 12.6 Å². The van der Waals surface area contributed by atoms with Crippen LogP contribution in [0.2, 0.25) is 0 Å². The Bertz CT molecular complexity index is 674. The number of nitrogens with zero attached hydrogens (tertiary/aromatic N) is 1. The highest BCUT2D eigenvalue weighted by Crippen LogP contribution is 2.19. The zero-order valence-corrected chi connectivity index (χ0v) is 17.4. The van der Waals surface area contributed by atoms with Gasteiger partial charge >= 0.3 is 11.9 Å². The predicted octanol–water partition coefficient (Wildman–Crippen LogP) is -2.47. The van der Waals surface area contributed by atoms with E-state index in [0.717, 1.165) is 4.90 Å². The molecule has 0 aromatic rings. The molecule has 1 heterocycles. The number of hydrogen-bond acceptors (Lipinski definition) is 8. The van der Waals surface area contributed by atoms with E-state index in [2.05, 4.69) is 23.3 Å². The fourth-order valence-electron chi connectivity index (χ4n) is 2.97. The number of rotatable bonds is 11. The van der Waals surface area contributed by atoms with E-state index >= 15 is 0 Å². The van der Waals surface area contributed by atoms with Crippen molar-refractivity contribution in [1.29, 1.82) is 0 Å². The average molecular weight is 448 g/mol. The second-order valence-corrected chi connectivity index (χ2v) is 7.40. The predicted molar refractivity (Wildman–Crippen MR) is 107 cm³/mol. The maximum Gasteiger partial charge on any atom is 0.326 e. The quantitative estimate of drug-likeness (QED) is 0.167. The van der Waals surface area contributed by atoms with Gasteiger partial charge in [0, 0.05) is 18.7 Å². The number of carbonyl (C=O) groups excluding carboxylic acids is 3. The molecule has 5 unspecified atom stereocenters. The SMILES string of the molecule is CC(O)C(N)C(=O)NC(CCC(=O)O)C(=O)NC(CS)C(=O)N1CCCC1C(=O)O. The van der Waals surface area contributed by atoms with Gasteiger partial charge in [-0.25, -0.2) is 4.79 Å². The topological polar surface area (TPSA) is 199 Å². The van der Waals surface area contributed by atoms with Gasteiger partial charge in [0.05, 0.1) is 6.10 Å². The van der Waals surface area contributed by atoms with Gasteiger partial charge in [-0.1, -0.05) is 0 Å². The Kier molecular flexibility index (Phi) is 10.0. The second-order valence-electron chi connectivity index (χ2n) is 7.03. The van der Waals surface area contributed by atoms with Crippen molar-refractivity contribution in [2.24, 2.45) is 5.73 Å². The zero-order valence-electron chi connectivity index (χ0n) is 16.5. The smallest absolute Gasteiger partial charge is 0.326 e. The number of nitrogens with two attached hydrogens (primary N) is 1. The van der Waals surface area contributed by atoms with Gasteiger partial charge in [-0.15, -0.1) is 0 Å². The molecule has 1 fully saturated rings. The number of hydrogen-bond donors (Lipinski definition) is 7. The summed E-state index contributed by atoms with van der Waals surface area (Å²) < 4.78 is 0. The van der Waals surface area contributed by atoms with Crippen molar-refractivity contribution in [2.75, 3.05) is 12.3 Å². The van der Waals surface area contributed by atoms with E-state index in [9.17, 15) is 34.2 Å². The summed E-state index contributed by atoms with van der Waals surface area (Å²) in [7, 11) is 0. The van der Waals surface area contributed by atoms with E-state index in [0.29, 0.717) is 12.8 Å². The van der Waals surface area contributed by atoms with E-state index in [1.165, 1.54) is 6.92 Å². The third-order valence-electron chi connectivity index (χ3n) is 4.72. The molecule has 0 saturated carbocycles. The fraction of sp³-hybridized carbons (Fsp3) is 0.706. The molecule has 1 rings (SSSR count). The van der Waals surface area contributed by atoms with Crippen LogP contribution in [0.1, 0.15) is 32.6 Å². The molecule has 0 aromatic heterocycles. The van der Waals surface area contributed by atoms with Crippen molar-refractivity contribution in [3.8, 4) is 0 Å². The Labute approximate surface area is 178 Å². The molecule has 0 aliphatic carbocycles.